The molecule has 3 N–H and O–H groups in total. The van der Waals surface area contributed by atoms with Crippen molar-refractivity contribution in [2.75, 3.05) is 6.61 Å². The molecule has 1 aliphatic heterocycles. The van der Waals surface area contributed by atoms with E-state index in [0.717, 1.165) is 12.3 Å². The number of aliphatic hydroxyl groups is 2. The second kappa shape index (κ2) is 4.40. The van der Waals surface area contributed by atoms with Gasteiger partial charge in [0.25, 0.3) is 5.56 Å². The van der Waals surface area contributed by atoms with Gasteiger partial charge in [-0.2, -0.15) is 0 Å². The third-order valence-electron chi connectivity index (χ3n) is 2.62. The molecule has 0 aromatic carbocycles. The molecule has 1 aromatic rings. The van der Waals surface area contributed by atoms with E-state index in [4.69, 9.17) is 9.84 Å². The van der Waals surface area contributed by atoms with Crippen molar-refractivity contribution in [3.05, 3.63) is 33.1 Å². The molecular formula is C9H11FN2O5. The average molecular weight is 246 g/mol. The Hall–Kier alpha value is -1.51. The number of H-pyrrole nitrogens is 1. The van der Waals surface area contributed by atoms with Gasteiger partial charge < -0.3 is 19.9 Å². The zero-order valence-corrected chi connectivity index (χ0v) is 8.62. The molecule has 0 radical (unpaired) electrons. The van der Waals surface area contributed by atoms with Crippen LogP contribution in [-0.4, -0.2) is 44.8 Å². The van der Waals surface area contributed by atoms with Crippen LogP contribution in [0.25, 0.3) is 0 Å². The van der Waals surface area contributed by atoms with Crippen LogP contribution in [0.15, 0.2) is 21.9 Å². The van der Waals surface area contributed by atoms with E-state index in [2.05, 4.69) is 4.98 Å². The molecule has 17 heavy (non-hydrogen) atoms. The number of rotatable bonds is 2. The largest absolute Gasteiger partial charge is 0.394 e. The van der Waals surface area contributed by atoms with E-state index in [9.17, 15) is 19.1 Å². The van der Waals surface area contributed by atoms with Crippen LogP contribution in [0.3, 0.4) is 0 Å². The Labute approximate surface area is 94.1 Å². The zero-order chi connectivity index (χ0) is 12.6. The Morgan fingerprint density at radius 2 is 2.24 bits per heavy atom. The summed E-state index contributed by atoms with van der Waals surface area (Å²) < 4.78 is 19.1. The van der Waals surface area contributed by atoms with Crippen molar-refractivity contribution >= 4 is 0 Å². The monoisotopic (exact) mass is 246 g/mol. The van der Waals surface area contributed by atoms with Crippen LogP contribution in [0.5, 0.6) is 0 Å². The molecule has 1 saturated heterocycles. The number of aromatic nitrogens is 2. The Morgan fingerprint density at radius 1 is 1.53 bits per heavy atom. The maximum absolute atomic E-state index is 13.7. The van der Waals surface area contributed by atoms with Gasteiger partial charge in [0.05, 0.1) is 6.61 Å². The van der Waals surface area contributed by atoms with Gasteiger partial charge in [0.15, 0.2) is 12.4 Å². The lowest BCUT2D eigenvalue weighted by Gasteiger charge is -2.14. The first-order valence-corrected chi connectivity index (χ1v) is 4.95. The molecule has 1 aliphatic rings. The summed E-state index contributed by atoms with van der Waals surface area (Å²) in [4.78, 5) is 25.0. The third-order valence-corrected chi connectivity index (χ3v) is 2.62. The van der Waals surface area contributed by atoms with Crippen LogP contribution in [0.2, 0.25) is 0 Å². The number of aliphatic hydroxyl groups excluding tert-OH is 2. The van der Waals surface area contributed by atoms with Gasteiger partial charge in [-0.25, -0.2) is 13.8 Å². The van der Waals surface area contributed by atoms with Crippen LogP contribution < -0.4 is 11.2 Å². The molecule has 1 aromatic heterocycles. The highest BCUT2D eigenvalue weighted by Crippen LogP contribution is 2.29. The van der Waals surface area contributed by atoms with Crippen molar-refractivity contribution in [2.24, 2.45) is 0 Å². The quantitative estimate of drug-likeness (QED) is 0.567. The predicted octanol–water partition coefficient (Wildman–Crippen LogP) is -1.87. The first-order valence-electron chi connectivity index (χ1n) is 4.95. The van der Waals surface area contributed by atoms with Gasteiger partial charge in [-0.15, -0.1) is 0 Å². The molecule has 1 unspecified atom stereocenters. The summed E-state index contributed by atoms with van der Waals surface area (Å²) in [5, 5.41) is 18.2. The number of hydrogen-bond donors (Lipinski definition) is 3. The van der Waals surface area contributed by atoms with Gasteiger partial charge >= 0.3 is 5.69 Å². The van der Waals surface area contributed by atoms with Crippen LogP contribution in [0.1, 0.15) is 6.23 Å². The van der Waals surface area contributed by atoms with Crippen molar-refractivity contribution < 1.29 is 19.3 Å². The van der Waals surface area contributed by atoms with Crippen LogP contribution in [0.4, 0.5) is 4.39 Å². The van der Waals surface area contributed by atoms with Gasteiger partial charge in [0.2, 0.25) is 0 Å². The van der Waals surface area contributed by atoms with E-state index in [0.29, 0.717) is 4.57 Å². The lowest BCUT2D eigenvalue weighted by molar-refractivity contribution is -0.0503. The van der Waals surface area contributed by atoms with Crippen molar-refractivity contribution in [2.45, 2.75) is 24.6 Å². The highest BCUT2D eigenvalue weighted by atomic mass is 19.1. The number of halogens is 1. The first kappa shape index (κ1) is 12.0. The van der Waals surface area contributed by atoms with Crippen LogP contribution >= 0.6 is 0 Å². The number of ether oxygens (including phenoxy) is 1. The van der Waals surface area contributed by atoms with Gasteiger partial charge in [0, 0.05) is 12.3 Å². The average Bonchev–Trinajstić information content (AvgIpc) is 2.57. The number of hydrogen-bond acceptors (Lipinski definition) is 5. The number of nitrogens with one attached hydrogen (secondary N) is 1. The molecule has 2 rings (SSSR count). The topological polar surface area (TPSA) is 105 Å². The maximum Gasteiger partial charge on any atom is 0.330 e. The molecule has 8 heteroatoms. The molecule has 0 bridgehead atoms. The molecule has 1 fully saturated rings. The summed E-state index contributed by atoms with van der Waals surface area (Å²) in [7, 11) is 0. The van der Waals surface area contributed by atoms with E-state index in [1.165, 1.54) is 0 Å². The van der Waals surface area contributed by atoms with Gasteiger partial charge in [-0.05, 0) is 0 Å². The molecular weight excluding hydrogens is 235 g/mol. The molecule has 0 amide bonds. The normalized spacial score (nSPS) is 32.9. The summed E-state index contributed by atoms with van der Waals surface area (Å²) in [5.41, 5.74) is -1.58. The van der Waals surface area contributed by atoms with Crippen molar-refractivity contribution in [3.63, 3.8) is 0 Å². The molecule has 0 saturated carbocycles. The molecule has 7 nitrogen and oxygen atoms in total. The summed E-state index contributed by atoms with van der Waals surface area (Å²) in [6.45, 7) is -0.600. The van der Waals surface area contributed by atoms with E-state index < -0.39 is 42.5 Å². The van der Waals surface area contributed by atoms with E-state index in [1.54, 1.807) is 0 Å². The second-order valence-electron chi connectivity index (χ2n) is 3.67. The second-order valence-corrected chi connectivity index (χ2v) is 3.67. The summed E-state index contributed by atoms with van der Waals surface area (Å²) >= 11 is 0. The van der Waals surface area contributed by atoms with Crippen molar-refractivity contribution in [3.8, 4) is 0 Å². The minimum Gasteiger partial charge on any atom is -0.394 e. The van der Waals surface area contributed by atoms with E-state index in [1.807, 2.05) is 0 Å². The Morgan fingerprint density at radius 3 is 2.76 bits per heavy atom. The van der Waals surface area contributed by atoms with Gasteiger partial charge in [0.1, 0.15) is 12.2 Å². The van der Waals surface area contributed by atoms with Crippen molar-refractivity contribution in [1.82, 2.24) is 9.55 Å². The lowest BCUT2D eigenvalue weighted by atomic mass is 10.1. The minimum absolute atomic E-state index is 0.531. The Bertz CT molecular complexity index is 484. The summed E-state index contributed by atoms with van der Waals surface area (Å²) in [6, 6.07) is 1.04. The lowest BCUT2D eigenvalue weighted by Crippen LogP contribution is -2.40. The van der Waals surface area contributed by atoms with Crippen molar-refractivity contribution in [1.29, 1.82) is 0 Å². The molecule has 4 atom stereocenters. The van der Waals surface area contributed by atoms with Gasteiger partial charge in [-0.1, -0.05) is 0 Å². The molecule has 0 aliphatic carbocycles. The van der Waals surface area contributed by atoms with E-state index in [-0.39, 0.29) is 0 Å². The smallest absolute Gasteiger partial charge is 0.330 e. The summed E-state index contributed by atoms with van der Waals surface area (Å²) in [5.74, 6) is 0. The molecule has 0 spiro atoms. The zero-order valence-electron chi connectivity index (χ0n) is 8.62. The fourth-order valence-corrected chi connectivity index (χ4v) is 1.74. The Balaban J connectivity index is 2.42. The highest BCUT2D eigenvalue weighted by molar-refractivity contribution is 4.93. The number of alkyl halides is 1. The number of aromatic amines is 1. The SMILES string of the molecule is O=c1cc[nH]c(=O)n1[C@@H]1O[C@H](CO)C(O)[C@@H]1F. The standard InChI is InChI=1S/C9H11FN2O5/c10-6-7(15)4(3-13)17-8(6)12-5(14)1-2-11-9(12)16/h1-2,4,6-8,13,15H,3H2,(H,11,16)/t4-,6+,7?,8-/m1/s1. The van der Waals surface area contributed by atoms with Crippen LogP contribution in [0, 0.1) is 0 Å². The minimum atomic E-state index is -1.95. The fourth-order valence-electron chi connectivity index (χ4n) is 1.74. The third kappa shape index (κ3) is 1.90. The first-order chi connectivity index (χ1) is 8.06. The molecule has 2 heterocycles. The fraction of sp³-hybridized carbons (Fsp3) is 0.556. The van der Waals surface area contributed by atoms with E-state index >= 15 is 0 Å². The molecule has 94 valence electrons. The van der Waals surface area contributed by atoms with Crippen LogP contribution in [-0.2, 0) is 4.74 Å². The van der Waals surface area contributed by atoms with Gasteiger partial charge in [-0.3, -0.25) is 4.79 Å². The number of nitrogens with zero attached hydrogens (tertiary/aromatic N) is 1. The predicted molar refractivity (Wildman–Crippen MR) is 53.2 cm³/mol. The highest BCUT2D eigenvalue weighted by Gasteiger charge is 2.45. The summed E-state index contributed by atoms with van der Waals surface area (Å²) in [6.07, 6.45) is -5.07. The Kier molecular flexibility index (Phi) is 3.09. The maximum atomic E-state index is 13.7.